The fourth-order valence-corrected chi connectivity index (χ4v) is 2.22. The summed E-state index contributed by atoms with van der Waals surface area (Å²) in [5, 5.41) is 11.2. The first kappa shape index (κ1) is 13.1. The van der Waals surface area contributed by atoms with E-state index >= 15 is 0 Å². The van der Waals surface area contributed by atoms with Gasteiger partial charge in [-0.25, -0.2) is 4.98 Å². The molecule has 3 nitrogen and oxygen atoms in total. The summed E-state index contributed by atoms with van der Waals surface area (Å²) in [6.45, 7) is 4.69. The van der Waals surface area contributed by atoms with Gasteiger partial charge in [-0.1, -0.05) is 23.7 Å². The quantitative estimate of drug-likeness (QED) is 0.922. The van der Waals surface area contributed by atoms with Gasteiger partial charge in [0.15, 0.2) is 0 Å². The van der Waals surface area contributed by atoms with Crippen molar-refractivity contribution in [3.8, 4) is 0 Å². The fraction of sp³-hybridized carbons (Fsp3) is 0.357. The molecule has 1 heterocycles. The summed E-state index contributed by atoms with van der Waals surface area (Å²) in [5.41, 5.74) is -0.163. The molecule has 4 heteroatoms. The molecule has 1 aromatic heterocycles. The standard InChI is InChI=1S/C14H17ClN2O/c1-3-17-8-7-16-13(17)10-14(2,18)11-5-4-6-12(15)9-11/h4-9,18H,3,10H2,1-2H3. The van der Waals surface area contributed by atoms with E-state index in [2.05, 4.69) is 11.9 Å². The highest BCUT2D eigenvalue weighted by Crippen LogP contribution is 2.26. The van der Waals surface area contributed by atoms with Gasteiger partial charge >= 0.3 is 0 Å². The number of aryl methyl sites for hydroxylation is 1. The minimum absolute atomic E-state index is 0.466. The van der Waals surface area contributed by atoms with Crippen molar-refractivity contribution in [2.75, 3.05) is 0 Å². The topological polar surface area (TPSA) is 38.0 Å². The van der Waals surface area contributed by atoms with Gasteiger partial charge in [-0.2, -0.15) is 0 Å². The van der Waals surface area contributed by atoms with E-state index in [-0.39, 0.29) is 0 Å². The number of rotatable bonds is 4. The lowest BCUT2D eigenvalue weighted by Crippen LogP contribution is -2.26. The molecule has 0 aliphatic heterocycles. The highest BCUT2D eigenvalue weighted by Gasteiger charge is 2.25. The number of hydrogen-bond acceptors (Lipinski definition) is 2. The monoisotopic (exact) mass is 264 g/mol. The normalized spacial score (nSPS) is 14.4. The van der Waals surface area contributed by atoms with Crippen LogP contribution < -0.4 is 0 Å². The van der Waals surface area contributed by atoms with Crippen LogP contribution in [0.1, 0.15) is 25.2 Å². The molecule has 2 aromatic rings. The Morgan fingerprint density at radius 3 is 2.89 bits per heavy atom. The van der Waals surface area contributed by atoms with Crippen LogP contribution in [0.15, 0.2) is 36.7 Å². The number of nitrogens with zero attached hydrogens (tertiary/aromatic N) is 2. The van der Waals surface area contributed by atoms with E-state index in [1.165, 1.54) is 0 Å². The summed E-state index contributed by atoms with van der Waals surface area (Å²) in [7, 11) is 0. The maximum atomic E-state index is 10.6. The third-order valence-corrected chi connectivity index (χ3v) is 3.33. The molecule has 0 bridgehead atoms. The molecule has 1 N–H and O–H groups in total. The molecule has 0 radical (unpaired) electrons. The van der Waals surface area contributed by atoms with E-state index in [0.717, 1.165) is 17.9 Å². The average Bonchev–Trinajstić information content (AvgIpc) is 2.75. The Labute approximate surface area is 112 Å². The second-order valence-electron chi connectivity index (χ2n) is 4.59. The van der Waals surface area contributed by atoms with Crippen LogP contribution in [0.25, 0.3) is 0 Å². The van der Waals surface area contributed by atoms with E-state index < -0.39 is 5.60 Å². The second-order valence-corrected chi connectivity index (χ2v) is 5.03. The minimum Gasteiger partial charge on any atom is -0.385 e. The van der Waals surface area contributed by atoms with Crippen molar-refractivity contribution in [2.45, 2.75) is 32.4 Å². The molecular weight excluding hydrogens is 248 g/mol. The molecule has 96 valence electrons. The molecule has 0 aliphatic rings. The van der Waals surface area contributed by atoms with Crippen LogP contribution in [-0.2, 0) is 18.6 Å². The van der Waals surface area contributed by atoms with Crippen LogP contribution in [0.2, 0.25) is 5.02 Å². The average molecular weight is 265 g/mol. The van der Waals surface area contributed by atoms with Crippen LogP contribution in [-0.4, -0.2) is 14.7 Å². The molecule has 0 saturated carbocycles. The molecule has 0 fully saturated rings. The van der Waals surface area contributed by atoms with Crippen LogP contribution in [0.4, 0.5) is 0 Å². The maximum absolute atomic E-state index is 10.6. The van der Waals surface area contributed by atoms with Gasteiger partial charge in [0.25, 0.3) is 0 Å². The van der Waals surface area contributed by atoms with Gasteiger partial charge in [0.2, 0.25) is 0 Å². The van der Waals surface area contributed by atoms with Gasteiger partial charge in [0, 0.05) is 30.4 Å². The SMILES string of the molecule is CCn1ccnc1CC(C)(O)c1cccc(Cl)c1. The highest BCUT2D eigenvalue weighted by molar-refractivity contribution is 6.30. The van der Waals surface area contributed by atoms with Crippen molar-refractivity contribution >= 4 is 11.6 Å². The lowest BCUT2D eigenvalue weighted by Gasteiger charge is -2.24. The van der Waals surface area contributed by atoms with Crippen molar-refractivity contribution in [3.05, 3.63) is 53.1 Å². The summed E-state index contributed by atoms with van der Waals surface area (Å²) in [6.07, 6.45) is 4.14. The van der Waals surface area contributed by atoms with E-state index in [0.29, 0.717) is 11.4 Å². The lowest BCUT2D eigenvalue weighted by molar-refractivity contribution is 0.0546. The Kier molecular flexibility index (Phi) is 3.73. The van der Waals surface area contributed by atoms with Gasteiger partial charge in [0.1, 0.15) is 5.82 Å². The van der Waals surface area contributed by atoms with Crippen molar-refractivity contribution in [3.63, 3.8) is 0 Å². The second kappa shape index (κ2) is 5.12. The van der Waals surface area contributed by atoms with Gasteiger partial charge in [-0.05, 0) is 31.5 Å². The zero-order valence-electron chi connectivity index (χ0n) is 10.6. The summed E-state index contributed by atoms with van der Waals surface area (Å²) in [4.78, 5) is 4.29. The summed E-state index contributed by atoms with van der Waals surface area (Å²) in [6, 6.07) is 7.32. The van der Waals surface area contributed by atoms with Crippen molar-refractivity contribution < 1.29 is 5.11 Å². The largest absolute Gasteiger partial charge is 0.385 e. The Balaban J connectivity index is 2.26. The number of imidazole rings is 1. The predicted octanol–water partition coefficient (Wildman–Crippen LogP) is 3.01. The van der Waals surface area contributed by atoms with Gasteiger partial charge in [0.05, 0.1) is 5.60 Å². The van der Waals surface area contributed by atoms with Crippen LogP contribution in [0.5, 0.6) is 0 Å². The van der Waals surface area contributed by atoms with E-state index in [1.807, 2.05) is 22.9 Å². The fourth-order valence-electron chi connectivity index (χ4n) is 2.03. The van der Waals surface area contributed by atoms with Gasteiger partial charge in [-0.15, -0.1) is 0 Å². The molecule has 2 rings (SSSR count). The first-order chi connectivity index (χ1) is 8.53. The number of benzene rings is 1. The summed E-state index contributed by atoms with van der Waals surface area (Å²) in [5.74, 6) is 0.877. The minimum atomic E-state index is -0.969. The zero-order valence-corrected chi connectivity index (χ0v) is 11.4. The van der Waals surface area contributed by atoms with Gasteiger partial charge < -0.3 is 9.67 Å². The molecule has 0 spiro atoms. The van der Waals surface area contributed by atoms with Gasteiger partial charge in [-0.3, -0.25) is 0 Å². The lowest BCUT2D eigenvalue weighted by atomic mass is 9.92. The van der Waals surface area contributed by atoms with Crippen molar-refractivity contribution in [1.82, 2.24) is 9.55 Å². The summed E-state index contributed by atoms with van der Waals surface area (Å²) < 4.78 is 2.03. The summed E-state index contributed by atoms with van der Waals surface area (Å²) >= 11 is 5.96. The molecule has 0 aliphatic carbocycles. The van der Waals surface area contributed by atoms with E-state index in [9.17, 15) is 5.11 Å². The van der Waals surface area contributed by atoms with E-state index in [1.54, 1.807) is 25.3 Å². The molecule has 18 heavy (non-hydrogen) atoms. The molecule has 1 unspecified atom stereocenters. The zero-order chi connectivity index (χ0) is 13.2. The van der Waals surface area contributed by atoms with Crippen LogP contribution in [0.3, 0.4) is 0 Å². The number of aliphatic hydroxyl groups is 1. The molecule has 0 saturated heterocycles. The Hall–Kier alpha value is -1.32. The van der Waals surface area contributed by atoms with E-state index in [4.69, 9.17) is 11.6 Å². The molecule has 0 amide bonds. The molecule has 1 aromatic carbocycles. The Morgan fingerprint density at radius 1 is 1.44 bits per heavy atom. The number of aromatic nitrogens is 2. The Bertz CT molecular complexity index is 534. The molecular formula is C14H17ClN2O. The smallest absolute Gasteiger partial charge is 0.111 e. The Morgan fingerprint density at radius 2 is 2.22 bits per heavy atom. The molecule has 1 atom stereocenters. The highest BCUT2D eigenvalue weighted by atomic mass is 35.5. The van der Waals surface area contributed by atoms with Crippen LogP contribution in [0, 0.1) is 0 Å². The van der Waals surface area contributed by atoms with Crippen LogP contribution >= 0.6 is 11.6 Å². The first-order valence-electron chi connectivity index (χ1n) is 6.01. The van der Waals surface area contributed by atoms with Crippen molar-refractivity contribution in [1.29, 1.82) is 0 Å². The third-order valence-electron chi connectivity index (χ3n) is 3.09. The number of halogens is 1. The first-order valence-corrected chi connectivity index (χ1v) is 6.39. The number of hydrogen-bond donors (Lipinski definition) is 1. The maximum Gasteiger partial charge on any atom is 0.111 e. The van der Waals surface area contributed by atoms with Crippen molar-refractivity contribution in [2.24, 2.45) is 0 Å². The predicted molar refractivity (Wildman–Crippen MR) is 72.6 cm³/mol. The third kappa shape index (κ3) is 2.74.